The fourth-order valence-corrected chi connectivity index (χ4v) is 1.92. The van der Waals surface area contributed by atoms with Gasteiger partial charge in [0.05, 0.1) is 9.40 Å². The van der Waals surface area contributed by atoms with Crippen molar-refractivity contribution in [3.05, 3.63) is 56.4 Å². The van der Waals surface area contributed by atoms with E-state index in [4.69, 9.17) is 4.74 Å². The van der Waals surface area contributed by atoms with Gasteiger partial charge in [-0.2, -0.15) is 0 Å². The van der Waals surface area contributed by atoms with E-state index in [2.05, 4.69) is 20.9 Å². The number of benzene rings is 1. The zero-order valence-corrected chi connectivity index (χ0v) is 11.3. The molecule has 1 aromatic carbocycles. The highest BCUT2D eigenvalue weighted by molar-refractivity contribution is 9.10. The predicted octanol–water partition coefficient (Wildman–Crippen LogP) is 3.99. The Morgan fingerprint density at radius 1 is 1.42 bits per heavy atom. The molecule has 0 radical (unpaired) electrons. The highest BCUT2D eigenvalue weighted by Crippen LogP contribution is 2.35. The van der Waals surface area contributed by atoms with Crippen LogP contribution in [-0.4, -0.2) is 9.91 Å². The molecule has 0 saturated heterocycles. The van der Waals surface area contributed by atoms with Crippen LogP contribution in [0.5, 0.6) is 11.6 Å². The second-order valence-corrected chi connectivity index (χ2v) is 4.57. The Kier molecular flexibility index (Phi) is 3.75. The first-order valence-electron chi connectivity index (χ1n) is 5.22. The van der Waals surface area contributed by atoms with E-state index in [1.54, 1.807) is 6.92 Å². The maximum atomic E-state index is 12.9. The first-order chi connectivity index (χ1) is 8.99. The number of hydrogen-bond donors (Lipinski definition) is 0. The van der Waals surface area contributed by atoms with Crippen molar-refractivity contribution in [2.24, 2.45) is 0 Å². The zero-order chi connectivity index (χ0) is 14.0. The Balaban J connectivity index is 2.44. The van der Waals surface area contributed by atoms with E-state index >= 15 is 0 Å². The van der Waals surface area contributed by atoms with Gasteiger partial charge in [0.2, 0.25) is 0 Å². The highest BCUT2D eigenvalue weighted by atomic mass is 79.9. The molecule has 0 spiro atoms. The molecule has 1 heterocycles. The number of nitro groups is 1. The molecule has 0 aliphatic heterocycles. The zero-order valence-electron chi connectivity index (χ0n) is 9.76. The van der Waals surface area contributed by atoms with E-state index in [1.165, 1.54) is 30.5 Å². The van der Waals surface area contributed by atoms with Gasteiger partial charge in [0.15, 0.2) is 0 Å². The average molecular weight is 327 g/mol. The lowest BCUT2D eigenvalue weighted by molar-refractivity contribution is -0.386. The van der Waals surface area contributed by atoms with Gasteiger partial charge in [-0.1, -0.05) is 0 Å². The summed E-state index contributed by atoms with van der Waals surface area (Å²) < 4.78 is 18.7. The Morgan fingerprint density at radius 3 is 2.79 bits per heavy atom. The molecule has 0 unspecified atom stereocenters. The third-order valence-corrected chi connectivity index (χ3v) is 3.00. The largest absolute Gasteiger partial charge is 0.432 e. The third-order valence-electron chi connectivity index (χ3n) is 2.38. The summed E-state index contributed by atoms with van der Waals surface area (Å²) in [7, 11) is 0. The molecule has 0 aliphatic rings. The summed E-state index contributed by atoms with van der Waals surface area (Å²) >= 11 is 3.12. The monoisotopic (exact) mass is 326 g/mol. The lowest BCUT2D eigenvalue weighted by Crippen LogP contribution is -1.98. The smallest absolute Gasteiger partial charge is 0.334 e. The van der Waals surface area contributed by atoms with Gasteiger partial charge < -0.3 is 4.74 Å². The molecule has 0 bridgehead atoms. The standard InChI is InChI=1S/C12H8BrFN2O3/c1-7-4-5-15-12(11(7)16(17)18)19-10-3-2-8(14)6-9(10)13/h2-6H,1H3. The number of aryl methyl sites for hydroxylation is 1. The summed E-state index contributed by atoms with van der Waals surface area (Å²) in [6.07, 6.45) is 1.41. The van der Waals surface area contributed by atoms with Gasteiger partial charge in [0, 0.05) is 11.8 Å². The summed E-state index contributed by atoms with van der Waals surface area (Å²) in [6.45, 7) is 1.59. The van der Waals surface area contributed by atoms with Crippen molar-refractivity contribution in [1.82, 2.24) is 4.98 Å². The van der Waals surface area contributed by atoms with Gasteiger partial charge in [-0.15, -0.1) is 0 Å². The predicted molar refractivity (Wildman–Crippen MR) is 69.8 cm³/mol. The van der Waals surface area contributed by atoms with Crippen LogP contribution in [0.15, 0.2) is 34.9 Å². The number of halogens is 2. The minimum atomic E-state index is -0.560. The van der Waals surface area contributed by atoms with Crippen LogP contribution in [0.4, 0.5) is 10.1 Å². The quantitative estimate of drug-likeness (QED) is 0.631. The van der Waals surface area contributed by atoms with Gasteiger partial charge in [-0.25, -0.2) is 9.37 Å². The Bertz CT molecular complexity index is 649. The molecule has 0 amide bonds. The SMILES string of the molecule is Cc1ccnc(Oc2ccc(F)cc2Br)c1[N+](=O)[O-]. The van der Waals surface area contributed by atoms with Crippen molar-refractivity contribution in [3.8, 4) is 11.6 Å². The van der Waals surface area contributed by atoms with E-state index < -0.39 is 10.7 Å². The van der Waals surface area contributed by atoms with Gasteiger partial charge in [0.1, 0.15) is 11.6 Å². The molecule has 19 heavy (non-hydrogen) atoms. The number of hydrogen-bond acceptors (Lipinski definition) is 4. The van der Waals surface area contributed by atoms with Gasteiger partial charge in [-0.05, 0) is 47.1 Å². The summed E-state index contributed by atoms with van der Waals surface area (Å²) in [5.41, 5.74) is 0.229. The van der Waals surface area contributed by atoms with E-state index in [0.717, 1.165) is 0 Å². The maximum Gasteiger partial charge on any atom is 0.334 e. The first kappa shape index (κ1) is 13.4. The van der Waals surface area contributed by atoms with Gasteiger partial charge in [0.25, 0.3) is 5.88 Å². The molecule has 0 saturated carbocycles. The van der Waals surface area contributed by atoms with Gasteiger partial charge in [-0.3, -0.25) is 10.1 Å². The van der Waals surface area contributed by atoms with E-state index in [-0.39, 0.29) is 17.3 Å². The van der Waals surface area contributed by atoms with E-state index in [9.17, 15) is 14.5 Å². The van der Waals surface area contributed by atoms with Crippen molar-refractivity contribution in [2.75, 3.05) is 0 Å². The summed E-state index contributed by atoms with van der Waals surface area (Å²) in [5.74, 6) is -0.314. The van der Waals surface area contributed by atoms with Crippen LogP contribution < -0.4 is 4.74 Å². The van der Waals surface area contributed by atoms with Gasteiger partial charge >= 0.3 is 5.69 Å². The van der Waals surface area contributed by atoms with E-state index in [0.29, 0.717) is 10.0 Å². The van der Waals surface area contributed by atoms with Crippen LogP contribution in [0.2, 0.25) is 0 Å². The van der Waals surface area contributed by atoms with Crippen LogP contribution in [0.25, 0.3) is 0 Å². The lowest BCUT2D eigenvalue weighted by atomic mass is 10.2. The number of pyridine rings is 1. The molecule has 0 N–H and O–H groups in total. The number of nitrogens with zero attached hydrogens (tertiary/aromatic N) is 2. The Labute approximate surface area is 116 Å². The molecule has 2 aromatic rings. The fourth-order valence-electron chi connectivity index (χ4n) is 1.48. The normalized spacial score (nSPS) is 10.3. The second kappa shape index (κ2) is 5.31. The summed E-state index contributed by atoms with van der Waals surface area (Å²) in [6, 6.07) is 5.29. The number of aromatic nitrogens is 1. The molecule has 0 atom stereocenters. The fraction of sp³-hybridized carbons (Fsp3) is 0.0833. The van der Waals surface area contributed by atoms with Crippen LogP contribution in [0, 0.1) is 22.9 Å². The minimum Gasteiger partial charge on any atom is -0.432 e. The van der Waals surface area contributed by atoms with Crippen molar-refractivity contribution < 1.29 is 14.1 Å². The van der Waals surface area contributed by atoms with Crippen molar-refractivity contribution in [2.45, 2.75) is 6.92 Å². The molecule has 0 fully saturated rings. The second-order valence-electron chi connectivity index (χ2n) is 3.72. The first-order valence-corrected chi connectivity index (χ1v) is 6.01. The van der Waals surface area contributed by atoms with Crippen LogP contribution in [0.3, 0.4) is 0 Å². The maximum absolute atomic E-state index is 12.9. The molecule has 7 heteroatoms. The van der Waals surface area contributed by atoms with Crippen LogP contribution in [0.1, 0.15) is 5.56 Å². The molecular formula is C12H8BrFN2O3. The third kappa shape index (κ3) is 2.87. The van der Waals surface area contributed by atoms with E-state index in [1.807, 2.05) is 0 Å². The highest BCUT2D eigenvalue weighted by Gasteiger charge is 2.21. The molecular weight excluding hydrogens is 319 g/mol. The number of rotatable bonds is 3. The average Bonchev–Trinajstić information content (AvgIpc) is 2.32. The lowest BCUT2D eigenvalue weighted by Gasteiger charge is -2.08. The van der Waals surface area contributed by atoms with Crippen molar-refractivity contribution >= 4 is 21.6 Å². The van der Waals surface area contributed by atoms with Crippen LogP contribution >= 0.6 is 15.9 Å². The summed E-state index contributed by atoms with van der Waals surface area (Å²) in [5, 5.41) is 11.0. The molecule has 0 aliphatic carbocycles. The summed E-state index contributed by atoms with van der Waals surface area (Å²) in [4.78, 5) is 14.3. The number of ether oxygens (including phenoxy) is 1. The van der Waals surface area contributed by atoms with Crippen molar-refractivity contribution in [1.29, 1.82) is 0 Å². The molecule has 98 valence electrons. The van der Waals surface area contributed by atoms with Crippen LogP contribution in [-0.2, 0) is 0 Å². The topological polar surface area (TPSA) is 65.3 Å². The molecule has 5 nitrogen and oxygen atoms in total. The van der Waals surface area contributed by atoms with Crippen molar-refractivity contribution in [3.63, 3.8) is 0 Å². The molecule has 1 aromatic heterocycles. The minimum absolute atomic E-state index is 0.127. The molecule has 2 rings (SSSR count). The Morgan fingerprint density at radius 2 is 2.16 bits per heavy atom. The Hall–Kier alpha value is -2.02.